The maximum atomic E-state index is 12.9. The third kappa shape index (κ3) is 5.04. The monoisotopic (exact) mass is 434 g/mol. The van der Waals surface area contributed by atoms with Crippen molar-refractivity contribution in [1.29, 1.82) is 0 Å². The molecule has 1 aliphatic rings. The number of nitrogens with zero attached hydrogens (tertiary/aromatic N) is 1. The fraction of sp³-hybridized carbons (Fsp3) is 0.333. The second kappa shape index (κ2) is 9.07. The summed E-state index contributed by atoms with van der Waals surface area (Å²) in [6, 6.07) is 13.1. The van der Waals surface area contributed by atoms with E-state index in [4.69, 9.17) is 11.6 Å². The van der Waals surface area contributed by atoms with Crippen molar-refractivity contribution in [2.75, 3.05) is 18.8 Å². The van der Waals surface area contributed by atoms with Crippen molar-refractivity contribution >= 4 is 33.3 Å². The molecule has 1 aliphatic heterocycles. The number of hydrogen-bond donors (Lipinski definition) is 1. The van der Waals surface area contributed by atoms with E-state index in [1.807, 2.05) is 0 Å². The molecule has 1 amide bonds. The molecule has 3 rings (SSSR count). The summed E-state index contributed by atoms with van der Waals surface area (Å²) in [5.74, 6) is -0.513. The predicted molar refractivity (Wildman–Crippen MR) is 113 cm³/mol. The van der Waals surface area contributed by atoms with E-state index in [1.54, 1.807) is 55.5 Å². The Labute approximate surface area is 175 Å². The highest BCUT2D eigenvalue weighted by Gasteiger charge is 2.28. The van der Waals surface area contributed by atoms with Crippen LogP contribution in [0.25, 0.3) is 0 Å². The summed E-state index contributed by atoms with van der Waals surface area (Å²) in [7, 11) is -3.21. The van der Waals surface area contributed by atoms with E-state index in [1.165, 1.54) is 4.31 Å². The smallest absolute Gasteiger partial charge is 0.252 e. The Kier molecular flexibility index (Phi) is 6.72. The Morgan fingerprint density at radius 2 is 1.62 bits per heavy atom. The van der Waals surface area contributed by atoms with Crippen LogP contribution >= 0.6 is 11.6 Å². The fourth-order valence-corrected chi connectivity index (χ4v) is 4.62. The number of piperidine rings is 1. The first-order chi connectivity index (χ1) is 13.8. The van der Waals surface area contributed by atoms with Crippen molar-refractivity contribution in [3.63, 3.8) is 0 Å². The standard InChI is InChI=1S/C21H23ClN2O4S/c1-2-29(27,28)24-13-11-17(12-14-24)23-21(26)19-6-4-3-5-18(19)20(25)15-7-9-16(22)10-8-15/h3-10,17H,2,11-14H2,1H3,(H,23,26). The summed E-state index contributed by atoms with van der Waals surface area (Å²) in [5.41, 5.74) is 1.07. The number of benzene rings is 2. The summed E-state index contributed by atoms with van der Waals surface area (Å²) >= 11 is 5.88. The molecular weight excluding hydrogens is 412 g/mol. The predicted octanol–water partition coefficient (Wildman–Crippen LogP) is 3.11. The lowest BCUT2D eigenvalue weighted by Crippen LogP contribution is -2.47. The lowest BCUT2D eigenvalue weighted by molar-refractivity contribution is 0.0914. The molecule has 1 saturated heterocycles. The summed E-state index contributed by atoms with van der Waals surface area (Å²) in [6.07, 6.45) is 1.08. The van der Waals surface area contributed by atoms with E-state index in [0.717, 1.165) is 0 Å². The molecule has 1 heterocycles. The summed E-state index contributed by atoms with van der Waals surface area (Å²) in [6.45, 7) is 2.39. The second-order valence-electron chi connectivity index (χ2n) is 6.93. The zero-order valence-corrected chi connectivity index (χ0v) is 17.7. The van der Waals surface area contributed by atoms with Crippen molar-refractivity contribution in [3.05, 3.63) is 70.2 Å². The van der Waals surface area contributed by atoms with Gasteiger partial charge >= 0.3 is 0 Å². The number of ketones is 1. The van der Waals surface area contributed by atoms with Crippen LogP contribution in [0, 0.1) is 0 Å². The molecule has 2 aromatic rings. The van der Waals surface area contributed by atoms with Gasteiger partial charge in [0, 0.05) is 35.3 Å². The molecular formula is C21H23ClN2O4S. The van der Waals surface area contributed by atoms with Gasteiger partial charge in [-0.05, 0) is 50.1 Å². The number of sulfonamides is 1. The molecule has 0 atom stereocenters. The zero-order valence-electron chi connectivity index (χ0n) is 16.1. The van der Waals surface area contributed by atoms with Gasteiger partial charge in [0.05, 0.1) is 11.3 Å². The van der Waals surface area contributed by atoms with E-state index >= 15 is 0 Å². The van der Waals surface area contributed by atoms with Gasteiger partial charge < -0.3 is 5.32 Å². The first-order valence-electron chi connectivity index (χ1n) is 9.50. The Morgan fingerprint density at radius 3 is 2.21 bits per heavy atom. The maximum absolute atomic E-state index is 12.9. The van der Waals surface area contributed by atoms with Gasteiger partial charge in [-0.2, -0.15) is 0 Å². The quantitative estimate of drug-likeness (QED) is 0.708. The third-order valence-electron chi connectivity index (χ3n) is 5.07. The van der Waals surface area contributed by atoms with Crippen LogP contribution in [0.1, 0.15) is 46.0 Å². The number of hydrogen-bond acceptors (Lipinski definition) is 4. The molecule has 2 aromatic carbocycles. The number of halogens is 1. The van der Waals surface area contributed by atoms with E-state index < -0.39 is 10.0 Å². The highest BCUT2D eigenvalue weighted by molar-refractivity contribution is 7.89. The van der Waals surface area contributed by atoms with Crippen LogP contribution in [-0.2, 0) is 10.0 Å². The van der Waals surface area contributed by atoms with E-state index in [2.05, 4.69) is 5.32 Å². The van der Waals surface area contributed by atoms with Gasteiger partial charge in [0.15, 0.2) is 5.78 Å². The molecule has 0 radical (unpaired) electrons. The first-order valence-corrected chi connectivity index (χ1v) is 11.5. The SMILES string of the molecule is CCS(=O)(=O)N1CCC(NC(=O)c2ccccc2C(=O)c2ccc(Cl)cc2)CC1. The molecule has 8 heteroatoms. The van der Waals surface area contributed by atoms with Gasteiger partial charge in [-0.3, -0.25) is 9.59 Å². The molecule has 29 heavy (non-hydrogen) atoms. The van der Waals surface area contributed by atoms with Gasteiger partial charge in [-0.25, -0.2) is 12.7 Å². The van der Waals surface area contributed by atoms with Gasteiger partial charge in [0.2, 0.25) is 10.0 Å². The molecule has 1 N–H and O–H groups in total. The molecule has 154 valence electrons. The lowest BCUT2D eigenvalue weighted by atomic mass is 9.97. The summed E-state index contributed by atoms with van der Waals surface area (Å²) < 4.78 is 25.4. The number of rotatable bonds is 6. The minimum absolute atomic E-state index is 0.0736. The molecule has 0 saturated carbocycles. The Balaban J connectivity index is 1.71. The van der Waals surface area contributed by atoms with Crippen LogP contribution in [0.15, 0.2) is 48.5 Å². The Hall–Kier alpha value is -2.22. The van der Waals surface area contributed by atoms with Crippen LogP contribution in [0.4, 0.5) is 0 Å². The largest absolute Gasteiger partial charge is 0.349 e. The normalized spacial score (nSPS) is 15.8. The van der Waals surface area contributed by atoms with Crippen LogP contribution in [0.5, 0.6) is 0 Å². The van der Waals surface area contributed by atoms with Crippen LogP contribution in [-0.4, -0.2) is 49.3 Å². The first kappa shape index (κ1) is 21.5. The summed E-state index contributed by atoms with van der Waals surface area (Å²) in [5, 5.41) is 3.48. The molecule has 0 aromatic heterocycles. The van der Waals surface area contributed by atoms with Crippen LogP contribution in [0.2, 0.25) is 5.02 Å². The minimum atomic E-state index is -3.21. The highest BCUT2D eigenvalue weighted by atomic mass is 35.5. The fourth-order valence-electron chi connectivity index (χ4n) is 3.36. The van der Waals surface area contributed by atoms with Crippen LogP contribution < -0.4 is 5.32 Å². The average molecular weight is 435 g/mol. The van der Waals surface area contributed by atoms with Gasteiger partial charge in [-0.1, -0.05) is 29.8 Å². The second-order valence-corrected chi connectivity index (χ2v) is 9.62. The summed E-state index contributed by atoms with van der Waals surface area (Å²) in [4.78, 5) is 25.7. The topological polar surface area (TPSA) is 83.6 Å². The lowest BCUT2D eigenvalue weighted by Gasteiger charge is -2.31. The molecule has 1 fully saturated rings. The van der Waals surface area contributed by atoms with E-state index in [-0.39, 0.29) is 23.5 Å². The van der Waals surface area contributed by atoms with Crippen molar-refractivity contribution < 1.29 is 18.0 Å². The molecule has 0 spiro atoms. The van der Waals surface area contributed by atoms with Crippen molar-refractivity contribution in [1.82, 2.24) is 9.62 Å². The number of carbonyl (C=O) groups is 2. The van der Waals surface area contributed by atoms with Crippen LogP contribution in [0.3, 0.4) is 0 Å². The maximum Gasteiger partial charge on any atom is 0.252 e. The molecule has 0 bridgehead atoms. The Bertz CT molecular complexity index is 998. The Morgan fingerprint density at radius 1 is 1.03 bits per heavy atom. The van der Waals surface area contributed by atoms with Gasteiger partial charge in [0.25, 0.3) is 5.91 Å². The average Bonchev–Trinajstić information content (AvgIpc) is 2.74. The zero-order chi connectivity index (χ0) is 21.0. The van der Waals surface area contributed by atoms with Crippen molar-refractivity contribution in [2.24, 2.45) is 0 Å². The third-order valence-corrected chi connectivity index (χ3v) is 7.20. The molecule has 6 nitrogen and oxygen atoms in total. The van der Waals surface area contributed by atoms with Gasteiger partial charge in [-0.15, -0.1) is 0 Å². The number of nitrogens with one attached hydrogen (secondary N) is 1. The minimum Gasteiger partial charge on any atom is -0.349 e. The molecule has 0 unspecified atom stereocenters. The molecule has 0 aliphatic carbocycles. The highest BCUT2D eigenvalue weighted by Crippen LogP contribution is 2.19. The van der Waals surface area contributed by atoms with E-state index in [9.17, 15) is 18.0 Å². The van der Waals surface area contributed by atoms with Crippen molar-refractivity contribution in [3.8, 4) is 0 Å². The van der Waals surface area contributed by atoms with Crippen molar-refractivity contribution in [2.45, 2.75) is 25.8 Å². The van der Waals surface area contributed by atoms with Gasteiger partial charge in [0.1, 0.15) is 0 Å². The number of carbonyl (C=O) groups excluding carboxylic acids is 2. The van der Waals surface area contributed by atoms with E-state index in [0.29, 0.717) is 47.6 Å². The number of amides is 1.